The lowest BCUT2D eigenvalue weighted by Crippen LogP contribution is -2.37. The number of carbonyl (C=O) groups is 1. The molecule has 2 aliphatic heterocycles. The second kappa shape index (κ2) is 4.97. The molecule has 0 saturated carbocycles. The van der Waals surface area contributed by atoms with Crippen molar-refractivity contribution < 1.29 is 4.79 Å². The van der Waals surface area contributed by atoms with E-state index in [1.165, 1.54) is 24.0 Å². The number of benzene rings is 1. The third kappa shape index (κ3) is 2.33. The first-order valence-corrected chi connectivity index (χ1v) is 6.87. The maximum atomic E-state index is 11.9. The van der Waals surface area contributed by atoms with Crippen LogP contribution in [-0.2, 0) is 11.2 Å². The average molecular weight is 241 g/mol. The first-order chi connectivity index (χ1) is 8.83. The molecule has 1 fully saturated rings. The summed E-state index contributed by atoms with van der Waals surface area (Å²) in [5.41, 5.74) is 2.70. The zero-order valence-electron chi connectivity index (χ0n) is 10.6. The predicted octanol–water partition coefficient (Wildman–Crippen LogP) is 2.94. The highest BCUT2D eigenvalue weighted by Gasteiger charge is 2.31. The van der Waals surface area contributed by atoms with Gasteiger partial charge in [0.2, 0.25) is 5.91 Å². The van der Waals surface area contributed by atoms with Crippen LogP contribution in [0.4, 0.5) is 0 Å². The van der Waals surface area contributed by atoms with Gasteiger partial charge in [-0.1, -0.05) is 35.9 Å². The van der Waals surface area contributed by atoms with E-state index in [4.69, 9.17) is 0 Å². The van der Waals surface area contributed by atoms with Gasteiger partial charge in [0.25, 0.3) is 0 Å². The van der Waals surface area contributed by atoms with Crippen LogP contribution in [0.25, 0.3) is 0 Å². The molecule has 1 aromatic carbocycles. The normalized spacial score (nSPS) is 22.9. The van der Waals surface area contributed by atoms with Crippen molar-refractivity contribution in [2.45, 2.75) is 38.1 Å². The molecule has 0 aliphatic carbocycles. The van der Waals surface area contributed by atoms with E-state index >= 15 is 0 Å². The van der Waals surface area contributed by atoms with Gasteiger partial charge in [-0.25, -0.2) is 0 Å². The van der Waals surface area contributed by atoms with Crippen LogP contribution in [0.2, 0.25) is 0 Å². The standard InChI is InChI=1S/C16H19NO/c18-16-12-14(11-15-7-4-10-17(15)16)9-8-13-5-2-1-3-6-13/h1-3,5-6,12,15H,4,7-11H2/t15-/m0/s1. The minimum atomic E-state index is 0.242. The van der Waals surface area contributed by atoms with E-state index in [0.717, 1.165) is 25.8 Å². The van der Waals surface area contributed by atoms with Crippen LogP contribution in [0.5, 0.6) is 0 Å². The van der Waals surface area contributed by atoms with Crippen molar-refractivity contribution in [2.75, 3.05) is 6.54 Å². The third-order valence-corrected chi connectivity index (χ3v) is 4.06. The molecule has 1 atom stereocenters. The molecule has 0 aromatic heterocycles. The minimum absolute atomic E-state index is 0.242. The largest absolute Gasteiger partial charge is 0.336 e. The van der Waals surface area contributed by atoms with Crippen molar-refractivity contribution in [1.29, 1.82) is 0 Å². The summed E-state index contributed by atoms with van der Waals surface area (Å²) in [6.07, 6.45) is 7.42. The van der Waals surface area contributed by atoms with E-state index in [2.05, 4.69) is 24.3 Å². The Kier molecular flexibility index (Phi) is 3.18. The summed E-state index contributed by atoms with van der Waals surface area (Å²) < 4.78 is 0. The zero-order valence-corrected chi connectivity index (χ0v) is 10.6. The number of aryl methyl sites for hydroxylation is 1. The second-order valence-corrected chi connectivity index (χ2v) is 5.32. The molecule has 2 heterocycles. The van der Waals surface area contributed by atoms with Gasteiger partial charge in [-0.2, -0.15) is 0 Å². The van der Waals surface area contributed by atoms with E-state index in [-0.39, 0.29) is 5.91 Å². The highest BCUT2D eigenvalue weighted by Crippen LogP contribution is 2.29. The topological polar surface area (TPSA) is 20.3 Å². The number of carbonyl (C=O) groups excluding carboxylic acids is 1. The number of rotatable bonds is 3. The summed E-state index contributed by atoms with van der Waals surface area (Å²) in [4.78, 5) is 14.0. The Balaban J connectivity index is 1.63. The molecule has 0 unspecified atom stereocenters. The van der Waals surface area contributed by atoms with E-state index in [1.807, 2.05) is 17.0 Å². The molecule has 3 rings (SSSR count). The molecule has 2 aliphatic rings. The molecule has 2 nitrogen and oxygen atoms in total. The minimum Gasteiger partial charge on any atom is -0.336 e. The highest BCUT2D eigenvalue weighted by molar-refractivity contribution is 5.89. The van der Waals surface area contributed by atoms with Gasteiger partial charge in [0.1, 0.15) is 0 Å². The monoisotopic (exact) mass is 241 g/mol. The number of hydrogen-bond acceptors (Lipinski definition) is 1. The van der Waals surface area contributed by atoms with Crippen molar-refractivity contribution in [3.05, 3.63) is 47.5 Å². The van der Waals surface area contributed by atoms with E-state index in [9.17, 15) is 4.79 Å². The number of fused-ring (bicyclic) bond motifs is 1. The molecule has 18 heavy (non-hydrogen) atoms. The summed E-state index contributed by atoms with van der Waals surface area (Å²) in [5, 5.41) is 0. The molecule has 2 heteroatoms. The lowest BCUT2D eigenvalue weighted by molar-refractivity contribution is -0.127. The van der Waals surface area contributed by atoms with E-state index in [0.29, 0.717) is 6.04 Å². The van der Waals surface area contributed by atoms with Gasteiger partial charge in [0.15, 0.2) is 0 Å². The Hall–Kier alpha value is -1.57. The Labute approximate surface area is 108 Å². The quantitative estimate of drug-likeness (QED) is 0.796. The predicted molar refractivity (Wildman–Crippen MR) is 72.2 cm³/mol. The zero-order chi connectivity index (χ0) is 12.4. The Morgan fingerprint density at radius 2 is 2.00 bits per heavy atom. The molecule has 0 N–H and O–H groups in total. The molecule has 0 bridgehead atoms. The van der Waals surface area contributed by atoms with Crippen LogP contribution < -0.4 is 0 Å². The van der Waals surface area contributed by atoms with Crippen molar-refractivity contribution in [3.63, 3.8) is 0 Å². The highest BCUT2D eigenvalue weighted by atomic mass is 16.2. The maximum absolute atomic E-state index is 11.9. The van der Waals surface area contributed by atoms with Gasteiger partial charge in [-0.05, 0) is 37.7 Å². The number of hydrogen-bond donors (Lipinski definition) is 0. The number of nitrogens with zero attached hydrogens (tertiary/aromatic N) is 1. The fourth-order valence-corrected chi connectivity index (χ4v) is 3.08. The van der Waals surface area contributed by atoms with Gasteiger partial charge in [0.05, 0.1) is 0 Å². The Morgan fingerprint density at radius 1 is 1.17 bits per heavy atom. The van der Waals surface area contributed by atoms with E-state index < -0.39 is 0 Å². The van der Waals surface area contributed by atoms with Crippen LogP contribution in [0.1, 0.15) is 31.2 Å². The summed E-state index contributed by atoms with van der Waals surface area (Å²) in [6.45, 7) is 0.964. The third-order valence-electron chi connectivity index (χ3n) is 4.06. The Morgan fingerprint density at radius 3 is 2.83 bits per heavy atom. The molecule has 1 saturated heterocycles. The van der Waals surface area contributed by atoms with Gasteiger partial charge >= 0.3 is 0 Å². The fourth-order valence-electron chi connectivity index (χ4n) is 3.08. The molecule has 1 amide bonds. The van der Waals surface area contributed by atoms with Crippen LogP contribution >= 0.6 is 0 Å². The summed E-state index contributed by atoms with van der Waals surface area (Å²) in [6, 6.07) is 11.0. The van der Waals surface area contributed by atoms with E-state index in [1.54, 1.807) is 0 Å². The molecule has 0 spiro atoms. The lowest BCUT2D eigenvalue weighted by Gasteiger charge is -2.29. The van der Waals surface area contributed by atoms with Gasteiger partial charge < -0.3 is 4.90 Å². The van der Waals surface area contributed by atoms with Crippen LogP contribution in [0, 0.1) is 0 Å². The SMILES string of the molecule is O=C1C=C(CCc2ccccc2)C[C@@H]2CCCN12. The second-order valence-electron chi connectivity index (χ2n) is 5.32. The first kappa shape index (κ1) is 11.5. The molecular formula is C16H19NO. The van der Waals surface area contributed by atoms with Crippen molar-refractivity contribution in [3.8, 4) is 0 Å². The Bertz CT molecular complexity index is 463. The maximum Gasteiger partial charge on any atom is 0.246 e. The van der Waals surface area contributed by atoms with Crippen LogP contribution in [0.3, 0.4) is 0 Å². The van der Waals surface area contributed by atoms with Gasteiger partial charge in [-0.15, -0.1) is 0 Å². The number of amides is 1. The smallest absolute Gasteiger partial charge is 0.246 e. The lowest BCUT2D eigenvalue weighted by atomic mass is 9.94. The van der Waals surface area contributed by atoms with Crippen molar-refractivity contribution in [1.82, 2.24) is 4.90 Å². The van der Waals surface area contributed by atoms with Crippen LogP contribution in [0.15, 0.2) is 42.0 Å². The van der Waals surface area contributed by atoms with Gasteiger partial charge in [0, 0.05) is 18.7 Å². The summed E-state index contributed by atoms with van der Waals surface area (Å²) in [5.74, 6) is 0.242. The molecule has 1 aromatic rings. The van der Waals surface area contributed by atoms with Crippen molar-refractivity contribution >= 4 is 5.91 Å². The molecule has 0 radical (unpaired) electrons. The fraction of sp³-hybridized carbons (Fsp3) is 0.438. The molecule has 94 valence electrons. The summed E-state index contributed by atoms with van der Waals surface area (Å²) in [7, 11) is 0. The molecular weight excluding hydrogens is 222 g/mol. The van der Waals surface area contributed by atoms with Crippen LogP contribution in [-0.4, -0.2) is 23.4 Å². The van der Waals surface area contributed by atoms with Gasteiger partial charge in [-0.3, -0.25) is 4.79 Å². The average Bonchev–Trinajstić information content (AvgIpc) is 2.86. The first-order valence-electron chi connectivity index (χ1n) is 6.87. The summed E-state index contributed by atoms with van der Waals surface area (Å²) >= 11 is 0. The van der Waals surface area contributed by atoms with Crippen molar-refractivity contribution in [2.24, 2.45) is 0 Å².